The first-order chi connectivity index (χ1) is 12.2. The third-order valence-corrected chi connectivity index (χ3v) is 5.15. The first-order valence-electron chi connectivity index (χ1n) is 7.97. The van der Waals surface area contributed by atoms with Gasteiger partial charge >= 0.3 is 0 Å². The summed E-state index contributed by atoms with van der Waals surface area (Å²) in [5, 5.41) is 4.65. The summed E-state index contributed by atoms with van der Waals surface area (Å²) in [6.07, 6.45) is 3.80. The number of H-pyrrole nitrogens is 1. The lowest BCUT2D eigenvalue weighted by Gasteiger charge is -2.06. The largest absolute Gasteiger partial charge is 0.351 e. The molecule has 3 heterocycles. The highest BCUT2D eigenvalue weighted by Gasteiger charge is 2.08. The molecule has 4 rings (SSSR count). The van der Waals surface area contributed by atoms with E-state index in [2.05, 4.69) is 38.1 Å². The van der Waals surface area contributed by atoms with Gasteiger partial charge in [0.1, 0.15) is 4.83 Å². The number of fused-ring (bicyclic) bond motifs is 2. The van der Waals surface area contributed by atoms with Crippen LogP contribution < -0.4 is 10.9 Å². The molecule has 0 aliphatic rings. The summed E-state index contributed by atoms with van der Waals surface area (Å²) >= 11 is 1.42. The molecule has 3 aromatic heterocycles. The van der Waals surface area contributed by atoms with Crippen molar-refractivity contribution in [2.45, 2.75) is 19.5 Å². The molecule has 0 radical (unpaired) electrons. The summed E-state index contributed by atoms with van der Waals surface area (Å²) in [6, 6.07) is 11.9. The number of carbonyl (C=O) groups excluding carboxylic acids is 1. The van der Waals surface area contributed by atoms with Gasteiger partial charge in [0, 0.05) is 29.6 Å². The number of rotatable bonds is 5. The van der Waals surface area contributed by atoms with Crippen molar-refractivity contribution < 1.29 is 4.79 Å². The fourth-order valence-corrected chi connectivity index (χ4v) is 3.77. The molecule has 1 amide bonds. The van der Waals surface area contributed by atoms with Crippen molar-refractivity contribution in [2.75, 3.05) is 0 Å². The molecule has 1 aromatic carbocycles. The normalized spacial score (nSPS) is 11.2. The van der Waals surface area contributed by atoms with Gasteiger partial charge in [-0.1, -0.05) is 18.2 Å². The van der Waals surface area contributed by atoms with Crippen molar-refractivity contribution in [3.05, 3.63) is 64.2 Å². The lowest BCUT2D eigenvalue weighted by atomic mass is 10.2. The maximum Gasteiger partial charge on any atom is 0.259 e. The van der Waals surface area contributed by atoms with E-state index in [9.17, 15) is 9.59 Å². The fourth-order valence-electron chi connectivity index (χ4n) is 2.84. The first kappa shape index (κ1) is 15.6. The van der Waals surface area contributed by atoms with Crippen molar-refractivity contribution in [3.8, 4) is 0 Å². The molecule has 6 nitrogen and oxygen atoms in total. The molecule has 0 atom stereocenters. The van der Waals surface area contributed by atoms with Crippen LogP contribution in [0.25, 0.3) is 21.1 Å². The molecule has 0 saturated carbocycles. The molecule has 0 aliphatic heterocycles. The summed E-state index contributed by atoms with van der Waals surface area (Å²) in [4.78, 5) is 32.1. The minimum absolute atomic E-state index is 0.0166. The zero-order chi connectivity index (χ0) is 17.2. The van der Waals surface area contributed by atoms with Gasteiger partial charge in [-0.05, 0) is 23.6 Å². The number of nitrogens with one attached hydrogen (secondary N) is 2. The Kier molecular flexibility index (Phi) is 4.07. The predicted octanol–water partition coefficient (Wildman–Crippen LogP) is 2.65. The fraction of sp³-hybridized carbons (Fsp3) is 0.167. The second-order valence-electron chi connectivity index (χ2n) is 5.76. The van der Waals surface area contributed by atoms with E-state index in [1.165, 1.54) is 23.1 Å². The highest BCUT2D eigenvalue weighted by Crippen LogP contribution is 2.20. The van der Waals surface area contributed by atoms with Gasteiger partial charge in [0.25, 0.3) is 5.56 Å². The van der Waals surface area contributed by atoms with Crippen LogP contribution in [-0.4, -0.2) is 20.4 Å². The summed E-state index contributed by atoms with van der Waals surface area (Å²) < 4.78 is 2.08. The van der Waals surface area contributed by atoms with Crippen molar-refractivity contribution in [3.63, 3.8) is 0 Å². The highest BCUT2D eigenvalue weighted by atomic mass is 32.1. The summed E-state index contributed by atoms with van der Waals surface area (Å²) in [5.74, 6) is -0.0166. The van der Waals surface area contributed by atoms with Crippen LogP contribution in [0.5, 0.6) is 0 Å². The Hall–Kier alpha value is -2.93. The van der Waals surface area contributed by atoms with Crippen LogP contribution in [0, 0.1) is 0 Å². The Morgan fingerprint density at radius 1 is 1.28 bits per heavy atom. The monoisotopic (exact) mass is 352 g/mol. The molecule has 0 fully saturated rings. The van der Waals surface area contributed by atoms with Gasteiger partial charge in [-0.2, -0.15) is 0 Å². The summed E-state index contributed by atoms with van der Waals surface area (Å²) in [7, 11) is 0. The summed E-state index contributed by atoms with van der Waals surface area (Å²) in [5.41, 5.74) is 0.975. The number of hydrogen-bond acceptors (Lipinski definition) is 4. The zero-order valence-electron chi connectivity index (χ0n) is 13.4. The van der Waals surface area contributed by atoms with Crippen LogP contribution in [0.3, 0.4) is 0 Å². The van der Waals surface area contributed by atoms with Crippen LogP contribution in [0.2, 0.25) is 0 Å². The van der Waals surface area contributed by atoms with Crippen molar-refractivity contribution in [1.29, 1.82) is 0 Å². The average Bonchev–Trinajstić information content (AvgIpc) is 3.23. The molecule has 0 spiro atoms. The third kappa shape index (κ3) is 3.18. The molecule has 4 aromatic rings. The topological polar surface area (TPSA) is 79.8 Å². The van der Waals surface area contributed by atoms with E-state index in [0.717, 1.165) is 10.4 Å². The number of aromatic amines is 1. The van der Waals surface area contributed by atoms with Crippen LogP contribution in [0.4, 0.5) is 0 Å². The number of aryl methyl sites for hydroxylation is 1. The van der Waals surface area contributed by atoms with Gasteiger partial charge in [0.15, 0.2) is 0 Å². The molecule has 2 N–H and O–H groups in total. The molecular formula is C18H16N4O2S. The Bertz CT molecular complexity index is 1110. The second kappa shape index (κ2) is 6.52. The molecule has 25 heavy (non-hydrogen) atoms. The quantitative estimate of drug-likeness (QED) is 0.579. The second-order valence-corrected chi connectivity index (χ2v) is 6.87. The molecule has 0 unspecified atom stereocenters. The SMILES string of the molecule is O=C(CCn1ccc2ccccc21)NCc1cc2c(=O)[nH]cnc2s1. The smallest absolute Gasteiger partial charge is 0.259 e. The Morgan fingerprint density at radius 2 is 2.16 bits per heavy atom. The number of nitrogens with zero attached hydrogens (tertiary/aromatic N) is 2. The molecule has 126 valence electrons. The molecule has 0 aliphatic carbocycles. The van der Waals surface area contributed by atoms with Gasteiger partial charge in [-0.15, -0.1) is 11.3 Å². The number of benzene rings is 1. The summed E-state index contributed by atoms with van der Waals surface area (Å²) in [6.45, 7) is 1.04. The van der Waals surface area contributed by atoms with Crippen LogP contribution >= 0.6 is 11.3 Å². The Labute approximate surface area is 147 Å². The van der Waals surface area contributed by atoms with E-state index >= 15 is 0 Å². The zero-order valence-corrected chi connectivity index (χ0v) is 14.2. The molecule has 0 bridgehead atoms. The van der Waals surface area contributed by atoms with E-state index in [4.69, 9.17) is 0 Å². The highest BCUT2D eigenvalue weighted by molar-refractivity contribution is 7.18. The van der Waals surface area contributed by atoms with Crippen LogP contribution in [0.1, 0.15) is 11.3 Å². The minimum Gasteiger partial charge on any atom is -0.351 e. The predicted molar refractivity (Wildman–Crippen MR) is 98.6 cm³/mol. The van der Waals surface area contributed by atoms with E-state index in [-0.39, 0.29) is 11.5 Å². The number of para-hydroxylation sites is 1. The number of amides is 1. The van der Waals surface area contributed by atoms with Gasteiger partial charge in [0.05, 0.1) is 18.3 Å². The van der Waals surface area contributed by atoms with Gasteiger partial charge in [0.2, 0.25) is 5.91 Å². The number of hydrogen-bond donors (Lipinski definition) is 2. The average molecular weight is 352 g/mol. The lowest BCUT2D eigenvalue weighted by molar-refractivity contribution is -0.121. The maximum atomic E-state index is 12.1. The maximum absolute atomic E-state index is 12.1. The number of carbonyl (C=O) groups is 1. The van der Waals surface area contributed by atoms with Crippen LogP contribution in [-0.2, 0) is 17.9 Å². The standard InChI is InChI=1S/C18H16N4O2S/c23-16(6-8-22-7-5-12-3-1-2-4-15(12)22)19-10-13-9-14-17(24)20-11-21-18(14)25-13/h1-5,7,9,11H,6,8,10H2,(H,19,23)(H,20,21,24). The Morgan fingerprint density at radius 3 is 3.04 bits per heavy atom. The van der Waals surface area contributed by atoms with E-state index in [1.807, 2.05) is 18.3 Å². The first-order valence-corrected chi connectivity index (χ1v) is 8.79. The molecule has 0 saturated heterocycles. The third-order valence-electron chi connectivity index (χ3n) is 4.11. The molecular weight excluding hydrogens is 336 g/mol. The van der Waals surface area contributed by atoms with Crippen molar-refractivity contribution in [2.24, 2.45) is 0 Å². The van der Waals surface area contributed by atoms with Gasteiger partial charge in [-0.3, -0.25) is 9.59 Å². The van der Waals surface area contributed by atoms with E-state index in [0.29, 0.717) is 29.7 Å². The Balaban J connectivity index is 1.37. The minimum atomic E-state index is -0.154. The van der Waals surface area contributed by atoms with E-state index in [1.54, 1.807) is 6.07 Å². The van der Waals surface area contributed by atoms with Crippen molar-refractivity contribution >= 4 is 38.4 Å². The van der Waals surface area contributed by atoms with E-state index < -0.39 is 0 Å². The number of thiophene rings is 1. The lowest BCUT2D eigenvalue weighted by Crippen LogP contribution is -2.23. The van der Waals surface area contributed by atoms with Gasteiger partial charge < -0.3 is 14.9 Å². The van der Waals surface area contributed by atoms with Crippen LogP contribution in [0.15, 0.2) is 53.7 Å². The van der Waals surface area contributed by atoms with Crippen molar-refractivity contribution in [1.82, 2.24) is 19.9 Å². The van der Waals surface area contributed by atoms with Gasteiger partial charge in [-0.25, -0.2) is 4.98 Å². The molecule has 7 heteroatoms. The number of aromatic nitrogens is 3.